The number of aromatic nitrogens is 1. The van der Waals surface area contributed by atoms with Crippen LogP contribution in [0, 0.1) is 0 Å². The molecule has 0 spiro atoms. The standard InChI is InChI=1S/C25H31ClN2O4/c1-25(2,3)31-24(29)28-16-10-11-17(28)13-18(12-16)30-14-20-22(19-6-4-5-7-21(19)26)27-32-23(20)15-8-9-15/h4-7,15-18H,8-14H2,1-3H3. The molecule has 0 radical (unpaired) electrons. The van der Waals surface area contributed by atoms with E-state index in [0.717, 1.165) is 61.1 Å². The largest absolute Gasteiger partial charge is 0.444 e. The van der Waals surface area contributed by atoms with Gasteiger partial charge in [0.25, 0.3) is 0 Å². The van der Waals surface area contributed by atoms with E-state index in [9.17, 15) is 4.79 Å². The van der Waals surface area contributed by atoms with E-state index in [4.69, 9.17) is 25.6 Å². The molecule has 2 saturated heterocycles. The molecule has 32 heavy (non-hydrogen) atoms. The molecule has 3 aliphatic rings. The maximum atomic E-state index is 12.7. The molecule has 2 aromatic rings. The van der Waals surface area contributed by atoms with Gasteiger partial charge in [-0.3, -0.25) is 0 Å². The van der Waals surface area contributed by atoms with E-state index in [1.54, 1.807) is 0 Å². The number of benzene rings is 1. The first kappa shape index (κ1) is 21.8. The third kappa shape index (κ3) is 4.40. The molecule has 172 valence electrons. The van der Waals surface area contributed by atoms with Crippen LogP contribution >= 0.6 is 11.6 Å². The number of hydrogen-bond acceptors (Lipinski definition) is 5. The molecular formula is C25H31ClN2O4. The van der Waals surface area contributed by atoms with Crippen LogP contribution in [0.25, 0.3) is 11.3 Å². The number of fused-ring (bicyclic) bond motifs is 2. The highest BCUT2D eigenvalue weighted by atomic mass is 35.5. The second-order valence-electron chi connectivity index (χ2n) is 10.3. The third-order valence-corrected chi connectivity index (χ3v) is 6.98. The minimum Gasteiger partial charge on any atom is -0.444 e. The first-order chi connectivity index (χ1) is 15.3. The van der Waals surface area contributed by atoms with Crippen molar-refractivity contribution in [3.05, 3.63) is 40.6 Å². The topological polar surface area (TPSA) is 64.8 Å². The van der Waals surface area contributed by atoms with Gasteiger partial charge in [0.15, 0.2) is 0 Å². The van der Waals surface area contributed by atoms with E-state index in [1.165, 1.54) is 0 Å². The number of rotatable bonds is 5. The fraction of sp³-hybridized carbons (Fsp3) is 0.600. The summed E-state index contributed by atoms with van der Waals surface area (Å²) in [5, 5.41) is 5.04. The zero-order valence-electron chi connectivity index (χ0n) is 19.0. The minimum absolute atomic E-state index is 0.104. The molecule has 0 N–H and O–H groups in total. The summed E-state index contributed by atoms with van der Waals surface area (Å²) in [5.74, 6) is 1.37. The predicted octanol–water partition coefficient (Wildman–Crippen LogP) is 6.32. The molecule has 1 aromatic heterocycles. The van der Waals surface area contributed by atoms with E-state index >= 15 is 0 Å². The summed E-state index contributed by atoms with van der Waals surface area (Å²) in [6.45, 7) is 6.19. The summed E-state index contributed by atoms with van der Waals surface area (Å²) in [4.78, 5) is 14.7. The van der Waals surface area contributed by atoms with E-state index in [-0.39, 0.29) is 24.3 Å². The lowest BCUT2D eigenvalue weighted by Gasteiger charge is -2.39. The number of carbonyl (C=O) groups is 1. The van der Waals surface area contributed by atoms with Crippen molar-refractivity contribution < 1.29 is 18.8 Å². The Morgan fingerprint density at radius 3 is 2.47 bits per heavy atom. The summed E-state index contributed by atoms with van der Waals surface area (Å²) in [6, 6.07) is 8.08. The van der Waals surface area contributed by atoms with Gasteiger partial charge in [0.05, 0.1) is 17.7 Å². The third-order valence-electron chi connectivity index (χ3n) is 6.65. The molecule has 1 amide bonds. The van der Waals surface area contributed by atoms with E-state index in [2.05, 4.69) is 5.16 Å². The molecule has 2 aliphatic heterocycles. The monoisotopic (exact) mass is 458 g/mol. The molecule has 3 fully saturated rings. The highest BCUT2D eigenvalue weighted by molar-refractivity contribution is 6.33. The molecule has 2 bridgehead atoms. The van der Waals surface area contributed by atoms with Crippen molar-refractivity contribution in [3.63, 3.8) is 0 Å². The normalized spacial score (nSPS) is 25.2. The number of amides is 1. The van der Waals surface area contributed by atoms with Crippen LogP contribution in [0.1, 0.15) is 76.5 Å². The Bertz CT molecular complexity index is 980. The lowest BCUT2D eigenvalue weighted by molar-refractivity contribution is -0.0398. The molecule has 3 heterocycles. The molecule has 1 saturated carbocycles. The maximum absolute atomic E-state index is 12.7. The number of ether oxygens (including phenoxy) is 2. The fourth-order valence-electron chi connectivity index (χ4n) is 5.07. The van der Waals surface area contributed by atoms with Crippen molar-refractivity contribution in [1.82, 2.24) is 10.1 Å². The first-order valence-corrected chi connectivity index (χ1v) is 12.0. The predicted molar refractivity (Wildman–Crippen MR) is 122 cm³/mol. The summed E-state index contributed by atoms with van der Waals surface area (Å²) in [7, 11) is 0. The SMILES string of the molecule is CC(C)(C)OC(=O)N1C2CCC1CC(OCc1c(-c3ccccc3Cl)noc1C1CC1)C2. The second kappa shape index (κ2) is 8.38. The molecule has 2 atom stereocenters. The summed E-state index contributed by atoms with van der Waals surface area (Å²) >= 11 is 6.45. The Kier molecular flexibility index (Phi) is 5.70. The highest BCUT2D eigenvalue weighted by Gasteiger charge is 2.45. The first-order valence-electron chi connectivity index (χ1n) is 11.7. The quantitative estimate of drug-likeness (QED) is 0.524. The molecule has 2 unspecified atom stereocenters. The molecule has 6 nitrogen and oxygen atoms in total. The molecule has 5 rings (SSSR count). The van der Waals surface area contributed by atoms with Gasteiger partial charge in [-0.2, -0.15) is 0 Å². The van der Waals surface area contributed by atoms with Crippen LogP contribution in [-0.2, 0) is 16.1 Å². The summed E-state index contributed by atoms with van der Waals surface area (Å²) in [5.41, 5.74) is 2.20. The van der Waals surface area contributed by atoms with Crippen LogP contribution in [0.4, 0.5) is 4.79 Å². The Morgan fingerprint density at radius 2 is 1.84 bits per heavy atom. The maximum Gasteiger partial charge on any atom is 0.410 e. The van der Waals surface area contributed by atoms with Gasteiger partial charge in [0, 0.05) is 29.1 Å². The Labute approximate surface area is 194 Å². The van der Waals surface area contributed by atoms with Gasteiger partial charge in [0.2, 0.25) is 0 Å². The number of nitrogens with zero attached hydrogens (tertiary/aromatic N) is 2. The average molecular weight is 459 g/mol. The summed E-state index contributed by atoms with van der Waals surface area (Å²) < 4.78 is 17.8. The van der Waals surface area contributed by atoms with E-state index in [1.807, 2.05) is 49.9 Å². The number of piperidine rings is 1. The van der Waals surface area contributed by atoms with Crippen molar-refractivity contribution >= 4 is 17.7 Å². The Hall–Kier alpha value is -2.05. The van der Waals surface area contributed by atoms with Gasteiger partial charge in [-0.1, -0.05) is 35.0 Å². The number of halogens is 1. The van der Waals surface area contributed by atoms with Crippen molar-refractivity contribution in [3.8, 4) is 11.3 Å². The zero-order chi connectivity index (χ0) is 22.5. The van der Waals surface area contributed by atoms with E-state index < -0.39 is 5.60 Å². The Balaban J connectivity index is 1.29. The van der Waals surface area contributed by atoms with Gasteiger partial charge >= 0.3 is 6.09 Å². The number of carbonyl (C=O) groups excluding carboxylic acids is 1. The fourth-order valence-corrected chi connectivity index (χ4v) is 5.29. The van der Waals surface area contributed by atoms with Gasteiger partial charge in [-0.25, -0.2) is 4.79 Å². The lowest BCUT2D eigenvalue weighted by Crippen LogP contribution is -2.50. The van der Waals surface area contributed by atoms with Crippen molar-refractivity contribution in [2.24, 2.45) is 0 Å². The van der Waals surface area contributed by atoms with Crippen molar-refractivity contribution in [1.29, 1.82) is 0 Å². The zero-order valence-corrected chi connectivity index (χ0v) is 19.7. The molecule has 1 aromatic carbocycles. The van der Waals surface area contributed by atoms with Crippen LogP contribution in [0.2, 0.25) is 5.02 Å². The smallest absolute Gasteiger partial charge is 0.410 e. The van der Waals surface area contributed by atoms with Crippen LogP contribution in [0.5, 0.6) is 0 Å². The van der Waals surface area contributed by atoms with Crippen LogP contribution < -0.4 is 0 Å². The van der Waals surface area contributed by atoms with E-state index in [0.29, 0.717) is 17.5 Å². The lowest BCUT2D eigenvalue weighted by atomic mass is 9.99. The minimum atomic E-state index is -0.480. The number of hydrogen-bond donors (Lipinski definition) is 0. The van der Waals surface area contributed by atoms with Crippen molar-refractivity contribution in [2.45, 2.75) is 95.6 Å². The summed E-state index contributed by atoms with van der Waals surface area (Å²) in [6.07, 6.45) is 5.85. The highest BCUT2D eigenvalue weighted by Crippen LogP contribution is 2.45. The van der Waals surface area contributed by atoms with Crippen molar-refractivity contribution in [2.75, 3.05) is 0 Å². The van der Waals surface area contributed by atoms with Crippen LogP contribution in [0.15, 0.2) is 28.8 Å². The second-order valence-corrected chi connectivity index (χ2v) is 10.7. The van der Waals surface area contributed by atoms with Crippen LogP contribution in [0.3, 0.4) is 0 Å². The van der Waals surface area contributed by atoms with Gasteiger partial charge in [0.1, 0.15) is 17.1 Å². The molecular weight excluding hydrogens is 428 g/mol. The van der Waals surface area contributed by atoms with Gasteiger partial charge in [-0.05, 0) is 65.4 Å². The molecule has 7 heteroatoms. The average Bonchev–Trinajstić information content (AvgIpc) is 3.42. The molecule has 1 aliphatic carbocycles. The van der Waals surface area contributed by atoms with Gasteiger partial charge in [-0.15, -0.1) is 0 Å². The Morgan fingerprint density at radius 1 is 1.16 bits per heavy atom. The van der Waals surface area contributed by atoms with Crippen LogP contribution in [-0.4, -0.2) is 39.9 Å². The van der Waals surface area contributed by atoms with Gasteiger partial charge < -0.3 is 18.9 Å².